The molecule has 0 atom stereocenters. The van der Waals surface area contributed by atoms with E-state index in [4.69, 9.17) is 23.2 Å². The van der Waals surface area contributed by atoms with Gasteiger partial charge >= 0.3 is 12.2 Å². The van der Waals surface area contributed by atoms with Crippen molar-refractivity contribution in [2.24, 2.45) is 0 Å². The number of alkyl halides is 3. The second-order valence-electron chi connectivity index (χ2n) is 6.01. The number of urea groups is 1. The Bertz CT molecular complexity index is 1110. The summed E-state index contributed by atoms with van der Waals surface area (Å²) >= 11 is 12.9. The first-order valence-electron chi connectivity index (χ1n) is 8.51. The monoisotopic (exact) mass is 485 g/mol. The van der Waals surface area contributed by atoms with Crippen LogP contribution in [0, 0.1) is 0 Å². The van der Waals surface area contributed by atoms with Crippen LogP contribution in [-0.2, 0) is 6.18 Å². The zero-order valence-electron chi connectivity index (χ0n) is 15.3. The maximum absolute atomic E-state index is 12.8. The number of halogens is 5. The quantitative estimate of drug-likeness (QED) is 0.441. The van der Waals surface area contributed by atoms with Crippen LogP contribution in [0.15, 0.2) is 70.6 Å². The van der Waals surface area contributed by atoms with Gasteiger partial charge in [-0.05, 0) is 42.5 Å². The van der Waals surface area contributed by atoms with E-state index in [1.807, 2.05) is 0 Å². The number of aromatic nitrogens is 1. The van der Waals surface area contributed by atoms with Gasteiger partial charge in [0.1, 0.15) is 5.82 Å². The third-order valence-corrected chi connectivity index (χ3v) is 5.39. The fraction of sp³-hybridized carbons (Fsp3) is 0.0500. The van der Waals surface area contributed by atoms with E-state index in [-0.39, 0.29) is 21.4 Å². The molecule has 1 heterocycles. The SMILES string of the molecule is O=C(NC(=O)c1c(Cl)cccc1Cl)Nc1ccc(Sc2cccc(C(F)(F)F)c2)cn1. The highest BCUT2D eigenvalue weighted by Crippen LogP contribution is 2.34. The van der Waals surface area contributed by atoms with E-state index < -0.39 is 23.7 Å². The third-order valence-electron chi connectivity index (χ3n) is 3.79. The molecule has 3 amide bonds. The molecular formula is C20H12Cl2F3N3O2S. The van der Waals surface area contributed by atoms with Gasteiger partial charge in [0.15, 0.2) is 0 Å². The molecule has 3 aromatic rings. The molecule has 0 saturated heterocycles. The Morgan fingerprint density at radius 3 is 2.23 bits per heavy atom. The van der Waals surface area contributed by atoms with Gasteiger partial charge in [0.25, 0.3) is 5.91 Å². The van der Waals surface area contributed by atoms with Crippen molar-refractivity contribution >= 4 is 52.7 Å². The Kier molecular flexibility index (Phi) is 7.09. The molecule has 0 aliphatic rings. The van der Waals surface area contributed by atoms with Crippen LogP contribution >= 0.6 is 35.0 Å². The van der Waals surface area contributed by atoms with Gasteiger partial charge in [0.2, 0.25) is 0 Å². The molecule has 31 heavy (non-hydrogen) atoms. The van der Waals surface area contributed by atoms with E-state index in [0.717, 1.165) is 23.9 Å². The smallest absolute Gasteiger partial charge is 0.292 e. The number of hydrogen-bond acceptors (Lipinski definition) is 4. The Morgan fingerprint density at radius 2 is 1.61 bits per heavy atom. The molecule has 160 valence electrons. The second-order valence-corrected chi connectivity index (χ2v) is 7.97. The van der Waals surface area contributed by atoms with Crippen molar-refractivity contribution in [1.82, 2.24) is 10.3 Å². The normalized spacial score (nSPS) is 11.1. The van der Waals surface area contributed by atoms with Crippen LogP contribution < -0.4 is 10.6 Å². The molecule has 0 aliphatic carbocycles. The summed E-state index contributed by atoms with van der Waals surface area (Å²) in [6.07, 6.45) is -3.05. The predicted molar refractivity (Wildman–Crippen MR) is 113 cm³/mol. The Morgan fingerprint density at radius 1 is 0.935 bits per heavy atom. The van der Waals surface area contributed by atoms with Gasteiger partial charge < -0.3 is 0 Å². The van der Waals surface area contributed by atoms with Crippen LogP contribution in [0.5, 0.6) is 0 Å². The highest BCUT2D eigenvalue weighted by Gasteiger charge is 2.30. The standard InChI is InChI=1S/C20H12Cl2F3N3O2S/c21-14-5-2-6-15(22)17(14)18(29)28-19(30)27-16-8-7-13(10-26-16)31-12-4-1-3-11(9-12)20(23,24)25/h1-10H,(H2,26,27,28,29,30). The highest BCUT2D eigenvalue weighted by molar-refractivity contribution is 7.99. The molecule has 5 nitrogen and oxygen atoms in total. The van der Waals surface area contributed by atoms with Crippen molar-refractivity contribution in [2.75, 3.05) is 5.32 Å². The van der Waals surface area contributed by atoms with Crippen molar-refractivity contribution in [3.63, 3.8) is 0 Å². The van der Waals surface area contributed by atoms with E-state index in [1.54, 1.807) is 18.2 Å². The van der Waals surface area contributed by atoms with Gasteiger partial charge in [-0.1, -0.05) is 47.1 Å². The molecule has 2 aromatic carbocycles. The number of imide groups is 1. The fourth-order valence-corrected chi connectivity index (χ4v) is 3.83. The Labute approximate surface area is 189 Å². The predicted octanol–water partition coefficient (Wildman–Crippen LogP) is 6.52. The molecule has 11 heteroatoms. The number of amides is 3. The second kappa shape index (κ2) is 9.59. The minimum Gasteiger partial charge on any atom is -0.292 e. The molecule has 2 N–H and O–H groups in total. The number of carbonyl (C=O) groups is 2. The largest absolute Gasteiger partial charge is 0.416 e. The number of anilines is 1. The summed E-state index contributed by atoms with van der Waals surface area (Å²) in [4.78, 5) is 29.2. The molecule has 1 aromatic heterocycles. The topological polar surface area (TPSA) is 71.1 Å². The lowest BCUT2D eigenvalue weighted by molar-refractivity contribution is -0.137. The zero-order chi connectivity index (χ0) is 22.6. The molecule has 0 bridgehead atoms. The van der Waals surface area contributed by atoms with Crippen LogP contribution in [0.4, 0.5) is 23.8 Å². The lowest BCUT2D eigenvalue weighted by Gasteiger charge is -2.10. The maximum Gasteiger partial charge on any atom is 0.416 e. The van der Waals surface area contributed by atoms with Crippen LogP contribution in [-0.4, -0.2) is 16.9 Å². The van der Waals surface area contributed by atoms with Gasteiger partial charge in [-0.2, -0.15) is 13.2 Å². The lowest BCUT2D eigenvalue weighted by Crippen LogP contribution is -2.34. The van der Waals surface area contributed by atoms with Crippen LogP contribution in [0.1, 0.15) is 15.9 Å². The first-order chi connectivity index (χ1) is 14.6. The van der Waals surface area contributed by atoms with Gasteiger partial charge in [-0.3, -0.25) is 15.4 Å². The number of rotatable bonds is 4. The minimum absolute atomic E-state index is 0.0400. The average molecular weight is 486 g/mol. The summed E-state index contributed by atoms with van der Waals surface area (Å²) in [5.41, 5.74) is -0.787. The molecule has 0 fully saturated rings. The van der Waals surface area contributed by atoms with Gasteiger partial charge in [0, 0.05) is 16.0 Å². The Hall–Kier alpha value is -2.75. The van der Waals surface area contributed by atoms with E-state index in [0.29, 0.717) is 9.79 Å². The van der Waals surface area contributed by atoms with Crippen molar-refractivity contribution in [3.8, 4) is 0 Å². The van der Waals surface area contributed by atoms with Gasteiger partial charge in [-0.25, -0.2) is 9.78 Å². The first-order valence-corrected chi connectivity index (χ1v) is 10.1. The first kappa shape index (κ1) is 22.9. The molecule has 0 aliphatic heterocycles. The summed E-state index contributed by atoms with van der Waals surface area (Å²) < 4.78 is 38.5. The minimum atomic E-state index is -4.43. The van der Waals surface area contributed by atoms with Gasteiger partial charge in [0.05, 0.1) is 21.2 Å². The lowest BCUT2D eigenvalue weighted by atomic mass is 10.2. The Balaban J connectivity index is 1.62. The number of carbonyl (C=O) groups excluding carboxylic acids is 2. The van der Waals surface area contributed by atoms with Crippen molar-refractivity contribution in [1.29, 1.82) is 0 Å². The number of nitrogens with one attached hydrogen (secondary N) is 2. The fourth-order valence-electron chi connectivity index (χ4n) is 2.41. The number of benzene rings is 2. The molecule has 0 radical (unpaired) electrons. The third kappa shape index (κ3) is 6.13. The summed E-state index contributed by atoms with van der Waals surface area (Å²) in [6.45, 7) is 0. The molecule has 0 spiro atoms. The van der Waals surface area contributed by atoms with E-state index >= 15 is 0 Å². The van der Waals surface area contributed by atoms with Crippen LogP contribution in [0.3, 0.4) is 0 Å². The summed E-state index contributed by atoms with van der Waals surface area (Å²) in [6, 6.07) is 11.5. The summed E-state index contributed by atoms with van der Waals surface area (Å²) in [7, 11) is 0. The summed E-state index contributed by atoms with van der Waals surface area (Å²) in [5, 5.41) is 4.65. The molecular weight excluding hydrogens is 474 g/mol. The molecule has 3 rings (SSSR count). The van der Waals surface area contributed by atoms with Crippen molar-refractivity contribution in [3.05, 3.63) is 82.0 Å². The molecule has 0 unspecified atom stereocenters. The van der Waals surface area contributed by atoms with Crippen molar-refractivity contribution < 1.29 is 22.8 Å². The zero-order valence-corrected chi connectivity index (χ0v) is 17.7. The van der Waals surface area contributed by atoms with E-state index in [1.165, 1.54) is 30.5 Å². The number of hydrogen-bond donors (Lipinski definition) is 2. The van der Waals surface area contributed by atoms with Gasteiger partial charge in [-0.15, -0.1) is 0 Å². The van der Waals surface area contributed by atoms with E-state index in [2.05, 4.69) is 15.6 Å². The highest BCUT2D eigenvalue weighted by atomic mass is 35.5. The van der Waals surface area contributed by atoms with Crippen LogP contribution in [0.2, 0.25) is 10.0 Å². The van der Waals surface area contributed by atoms with E-state index in [9.17, 15) is 22.8 Å². The maximum atomic E-state index is 12.8. The molecule has 0 saturated carbocycles. The van der Waals surface area contributed by atoms with Crippen molar-refractivity contribution in [2.45, 2.75) is 16.0 Å². The number of pyridine rings is 1. The summed E-state index contributed by atoms with van der Waals surface area (Å²) in [5.74, 6) is -0.659. The number of nitrogens with zero attached hydrogens (tertiary/aromatic N) is 1. The van der Waals surface area contributed by atoms with Crippen LogP contribution in [0.25, 0.3) is 0 Å². The average Bonchev–Trinajstić information content (AvgIpc) is 2.69.